The van der Waals surface area contributed by atoms with Gasteiger partial charge in [-0.3, -0.25) is 0 Å². The summed E-state index contributed by atoms with van der Waals surface area (Å²) in [4.78, 5) is 22.6. The third-order valence-electron chi connectivity index (χ3n) is 5.55. The van der Waals surface area contributed by atoms with Gasteiger partial charge in [-0.15, -0.1) is 6.42 Å². The minimum atomic E-state index is -0.275. The molecule has 3 aromatic rings. The maximum absolute atomic E-state index is 12.0. The van der Waals surface area contributed by atoms with Crippen molar-refractivity contribution in [3.8, 4) is 23.8 Å². The molecule has 1 aromatic heterocycles. The minimum absolute atomic E-state index is 0.0457. The molecule has 0 aliphatic carbocycles. The number of amides is 1. The second-order valence-electron chi connectivity index (χ2n) is 7.82. The van der Waals surface area contributed by atoms with Gasteiger partial charge in [0.1, 0.15) is 18.2 Å². The van der Waals surface area contributed by atoms with E-state index in [4.69, 9.17) is 20.6 Å². The average molecular weight is 461 g/mol. The molecular formula is C26H28N4O4. The van der Waals surface area contributed by atoms with Gasteiger partial charge in [0.15, 0.2) is 11.5 Å². The van der Waals surface area contributed by atoms with E-state index in [-0.39, 0.29) is 12.2 Å². The quantitative estimate of drug-likeness (QED) is 0.509. The van der Waals surface area contributed by atoms with Crippen molar-refractivity contribution in [1.82, 2.24) is 14.9 Å². The molecule has 4 rings (SSSR count). The Morgan fingerprint density at radius 2 is 1.97 bits per heavy atom. The van der Waals surface area contributed by atoms with Gasteiger partial charge >= 0.3 is 6.09 Å². The normalized spacial score (nSPS) is 13.9. The molecule has 0 bridgehead atoms. The van der Waals surface area contributed by atoms with Crippen molar-refractivity contribution < 1.29 is 19.0 Å². The molecule has 0 unspecified atom stereocenters. The highest BCUT2D eigenvalue weighted by Gasteiger charge is 2.26. The van der Waals surface area contributed by atoms with Gasteiger partial charge in [0, 0.05) is 48.6 Å². The van der Waals surface area contributed by atoms with E-state index in [1.165, 1.54) is 6.33 Å². The molecule has 176 valence electrons. The molecule has 0 spiro atoms. The summed E-state index contributed by atoms with van der Waals surface area (Å²) in [6.45, 7) is 5.78. The minimum Gasteiger partial charge on any atom is -0.490 e. The van der Waals surface area contributed by atoms with Gasteiger partial charge in [0.05, 0.1) is 18.7 Å². The van der Waals surface area contributed by atoms with Crippen LogP contribution in [0.4, 0.5) is 16.3 Å². The number of nitrogens with zero attached hydrogens (tertiary/aromatic N) is 3. The summed E-state index contributed by atoms with van der Waals surface area (Å²) in [7, 11) is 0. The number of nitrogens with one attached hydrogen (secondary N) is 1. The number of fused-ring (bicyclic) bond motifs is 1. The van der Waals surface area contributed by atoms with Crippen LogP contribution in [0.25, 0.3) is 10.9 Å². The highest BCUT2D eigenvalue weighted by molar-refractivity contribution is 5.93. The number of aromatic nitrogens is 2. The molecule has 1 aliphatic heterocycles. The molecule has 2 aromatic carbocycles. The van der Waals surface area contributed by atoms with Gasteiger partial charge in [0.25, 0.3) is 0 Å². The fourth-order valence-corrected chi connectivity index (χ4v) is 3.90. The van der Waals surface area contributed by atoms with Crippen LogP contribution in [-0.2, 0) is 4.74 Å². The Balaban J connectivity index is 1.58. The molecule has 0 atom stereocenters. The number of hydrogen-bond donors (Lipinski definition) is 1. The van der Waals surface area contributed by atoms with Gasteiger partial charge < -0.3 is 24.4 Å². The lowest BCUT2D eigenvalue weighted by Gasteiger charge is -2.31. The van der Waals surface area contributed by atoms with Crippen LogP contribution in [0.1, 0.15) is 32.3 Å². The molecule has 1 N–H and O–H groups in total. The average Bonchev–Trinajstić information content (AvgIpc) is 2.85. The van der Waals surface area contributed by atoms with Crippen LogP contribution in [0.5, 0.6) is 11.5 Å². The van der Waals surface area contributed by atoms with Gasteiger partial charge in [-0.05, 0) is 38.1 Å². The maximum Gasteiger partial charge on any atom is 0.409 e. The van der Waals surface area contributed by atoms with Crippen LogP contribution in [0.15, 0.2) is 42.7 Å². The Morgan fingerprint density at radius 1 is 1.15 bits per heavy atom. The molecule has 1 fully saturated rings. The number of ether oxygens (including phenoxy) is 3. The van der Waals surface area contributed by atoms with E-state index in [0.29, 0.717) is 56.5 Å². The van der Waals surface area contributed by atoms with Crippen LogP contribution in [0.3, 0.4) is 0 Å². The Kier molecular flexibility index (Phi) is 7.33. The third kappa shape index (κ3) is 5.31. The molecule has 2 heterocycles. The summed E-state index contributed by atoms with van der Waals surface area (Å²) in [5.74, 6) is 4.54. The van der Waals surface area contributed by atoms with E-state index in [1.807, 2.05) is 43.3 Å². The van der Waals surface area contributed by atoms with E-state index in [9.17, 15) is 4.79 Å². The van der Waals surface area contributed by atoms with Gasteiger partial charge in [-0.2, -0.15) is 0 Å². The smallest absolute Gasteiger partial charge is 0.409 e. The van der Waals surface area contributed by atoms with Crippen molar-refractivity contribution in [1.29, 1.82) is 0 Å². The van der Waals surface area contributed by atoms with Crippen LogP contribution >= 0.6 is 0 Å². The molecule has 8 heteroatoms. The van der Waals surface area contributed by atoms with Crippen molar-refractivity contribution in [3.05, 3.63) is 48.3 Å². The van der Waals surface area contributed by atoms with E-state index in [0.717, 1.165) is 22.2 Å². The molecule has 0 radical (unpaired) electrons. The number of likely N-dealkylation sites (tertiary alicyclic amines) is 1. The lowest BCUT2D eigenvalue weighted by molar-refractivity contribution is 0.0691. The Morgan fingerprint density at radius 3 is 2.71 bits per heavy atom. The predicted octanol–water partition coefficient (Wildman–Crippen LogP) is 4.75. The second-order valence-corrected chi connectivity index (χ2v) is 7.82. The summed E-state index contributed by atoms with van der Waals surface area (Å²) in [6.07, 6.45) is 8.14. The number of carbonyl (C=O) groups is 1. The lowest BCUT2D eigenvalue weighted by atomic mass is 10.1. The summed E-state index contributed by atoms with van der Waals surface area (Å²) in [5.41, 5.74) is 2.34. The molecule has 1 aliphatic rings. The van der Waals surface area contributed by atoms with Crippen LogP contribution in [0, 0.1) is 12.3 Å². The van der Waals surface area contributed by atoms with E-state index in [1.54, 1.807) is 11.8 Å². The molecule has 0 saturated carbocycles. The number of hydrogen-bond acceptors (Lipinski definition) is 7. The van der Waals surface area contributed by atoms with Gasteiger partial charge in [-0.1, -0.05) is 12.0 Å². The number of benzene rings is 2. The third-order valence-corrected chi connectivity index (χ3v) is 5.55. The van der Waals surface area contributed by atoms with E-state index >= 15 is 0 Å². The predicted molar refractivity (Wildman–Crippen MR) is 131 cm³/mol. The molecular weight excluding hydrogens is 432 g/mol. The maximum atomic E-state index is 12.0. The van der Waals surface area contributed by atoms with Crippen molar-refractivity contribution in [2.45, 2.75) is 32.8 Å². The van der Waals surface area contributed by atoms with Gasteiger partial charge in [-0.25, -0.2) is 14.8 Å². The Hall–Kier alpha value is -3.99. The van der Waals surface area contributed by atoms with Crippen molar-refractivity contribution in [3.63, 3.8) is 0 Å². The van der Waals surface area contributed by atoms with E-state index in [2.05, 4.69) is 21.2 Å². The Labute approximate surface area is 199 Å². The topological polar surface area (TPSA) is 85.8 Å². The largest absolute Gasteiger partial charge is 0.490 e. The first-order valence-electron chi connectivity index (χ1n) is 11.4. The summed E-state index contributed by atoms with van der Waals surface area (Å²) < 4.78 is 17.3. The summed E-state index contributed by atoms with van der Waals surface area (Å²) >= 11 is 0. The summed E-state index contributed by atoms with van der Waals surface area (Å²) in [5, 5.41) is 4.13. The number of terminal acetylenes is 1. The van der Waals surface area contributed by atoms with Crippen LogP contribution in [0.2, 0.25) is 0 Å². The molecule has 1 amide bonds. The number of rotatable bonds is 7. The monoisotopic (exact) mass is 460 g/mol. The van der Waals surface area contributed by atoms with Crippen molar-refractivity contribution in [2.75, 3.05) is 31.6 Å². The Bertz CT molecular complexity index is 1200. The van der Waals surface area contributed by atoms with Crippen molar-refractivity contribution in [2.24, 2.45) is 0 Å². The first kappa shape index (κ1) is 23.2. The number of anilines is 2. The highest BCUT2D eigenvalue weighted by Crippen LogP contribution is 2.36. The zero-order valence-electron chi connectivity index (χ0n) is 19.4. The van der Waals surface area contributed by atoms with Crippen LogP contribution < -0.4 is 14.8 Å². The second kappa shape index (κ2) is 10.8. The lowest BCUT2D eigenvalue weighted by Crippen LogP contribution is -2.42. The summed E-state index contributed by atoms with van der Waals surface area (Å²) in [6, 6.07) is 11.4. The fourth-order valence-electron chi connectivity index (χ4n) is 3.90. The van der Waals surface area contributed by atoms with Crippen LogP contribution in [-0.4, -0.2) is 53.4 Å². The zero-order chi connectivity index (χ0) is 23.9. The highest BCUT2D eigenvalue weighted by atomic mass is 16.6. The molecule has 8 nitrogen and oxygen atoms in total. The van der Waals surface area contributed by atoms with Gasteiger partial charge in [0.2, 0.25) is 0 Å². The first-order chi connectivity index (χ1) is 16.6. The zero-order valence-corrected chi connectivity index (χ0v) is 19.4. The van der Waals surface area contributed by atoms with E-state index < -0.39 is 0 Å². The SMILES string of the molecule is C#Cc1cccc(Nc2ncnc3cc(OCC)c(OC4CCN(C(=O)OCC)CC4)cc23)c1. The fraction of sp³-hybridized carbons (Fsp3) is 0.346. The number of piperidine rings is 1. The first-order valence-corrected chi connectivity index (χ1v) is 11.4. The number of carbonyl (C=O) groups excluding carboxylic acids is 1. The standard InChI is InChI=1S/C26H28N4O4/c1-4-18-8-7-9-19(14-18)29-25-21-15-24(23(32-5-2)16-22(21)27-17-28-25)34-20-10-12-30(13-11-20)26(31)33-6-3/h1,7-9,14-17,20H,5-6,10-13H2,2-3H3,(H,27,28,29). The molecule has 34 heavy (non-hydrogen) atoms. The molecule has 1 saturated heterocycles. The van der Waals surface area contributed by atoms with Crippen molar-refractivity contribution >= 4 is 28.5 Å².